The Bertz CT molecular complexity index is 6300. The van der Waals surface area contributed by atoms with Gasteiger partial charge in [-0.05, 0) is 215 Å². The van der Waals surface area contributed by atoms with E-state index < -0.39 is 46.5 Å². The zero-order valence-electron chi connectivity index (χ0n) is 67.2. The molecule has 3 N–H and O–H groups in total. The number of nitrogens with zero attached hydrogens (tertiary/aromatic N) is 25. The van der Waals surface area contributed by atoms with Gasteiger partial charge in [0, 0.05) is 79.8 Å². The van der Waals surface area contributed by atoms with Gasteiger partial charge in [-0.1, -0.05) is 15.6 Å². The fourth-order valence-corrected chi connectivity index (χ4v) is 17.9. The third-order valence-electron chi connectivity index (χ3n) is 23.9. The molecular formula is C86H84F8N28O. The SMILES string of the molecule is Cc1nc(-c2cnn3ccc(N4CCCC4c4cc(F)ccc4F)nc23)n[nH]1.Cc1noc(C)c1-c1cnn2ccc(N3CCCC3c3cc(F)ccc3F)nc12.Fc1ccc(F)c([C@H]2CCCN2c2ccn3ncc(-c4cn(C5CCCNC5)nn4)c3n2)c1.Fc1ccc(F)c([C@H]2CCCN2c2ccn3ncc(-c4cn(C5CCNCC5)nn4)c3n2)c1. The fourth-order valence-electron chi connectivity index (χ4n) is 17.9. The number of nitrogens with one attached hydrogen (secondary N) is 3. The van der Waals surface area contributed by atoms with Crippen LogP contribution in [0.2, 0.25) is 0 Å². The van der Waals surface area contributed by atoms with Crippen LogP contribution in [0.25, 0.3) is 67.6 Å². The monoisotopic (exact) mass is 1680 g/mol. The lowest BCUT2D eigenvalue weighted by Gasteiger charge is -2.26. The van der Waals surface area contributed by atoms with Gasteiger partial charge in [0.2, 0.25) is 0 Å². The Morgan fingerprint density at radius 1 is 0.390 bits per heavy atom. The van der Waals surface area contributed by atoms with Crippen molar-refractivity contribution >= 4 is 45.9 Å². The number of piperidine rings is 2. The average Bonchev–Trinajstić information content (AvgIpc) is 1.65. The predicted molar refractivity (Wildman–Crippen MR) is 440 cm³/mol. The van der Waals surface area contributed by atoms with Crippen LogP contribution in [0.1, 0.15) is 153 Å². The molecule has 0 amide bonds. The number of hydrogen-bond donors (Lipinski definition) is 3. The predicted octanol–water partition coefficient (Wildman–Crippen LogP) is 15.1. The molecule has 37 heteroatoms. The van der Waals surface area contributed by atoms with Crippen LogP contribution in [-0.2, 0) is 0 Å². The van der Waals surface area contributed by atoms with Crippen molar-refractivity contribution in [2.45, 2.75) is 134 Å². The number of aromatic nitrogens is 22. The van der Waals surface area contributed by atoms with Crippen LogP contribution in [0.3, 0.4) is 0 Å². The molecule has 6 fully saturated rings. The number of aryl methyl sites for hydroxylation is 3. The van der Waals surface area contributed by atoms with E-state index in [2.05, 4.69) is 72.0 Å². The lowest BCUT2D eigenvalue weighted by Crippen LogP contribution is -2.31. The average molecular weight is 1680 g/mol. The molecule has 3 unspecified atom stereocenters. The molecule has 0 bridgehead atoms. The molecule has 6 aliphatic rings. The first-order valence-electron chi connectivity index (χ1n) is 41.3. The van der Waals surface area contributed by atoms with Crippen LogP contribution in [0.15, 0.2) is 164 Å². The molecule has 22 rings (SSSR count). The van der Waals surface area contributed by atoms with Crippen molar-refractivity contribution in [3.05, 3.63) is 245 Å². The van der Waals surface area contributed by atoms with Gasteiger partial charge in [-0.25, -0.2) is 87.5 Å². The van der Waals surface area contributed by atoms with Crippen LogP contribution < -0.4 is 30.2 Å². The molecule has 123 heavy (non-hydrogen) atoms. The molecule has 0 spiro atoms. The minimum Gasteiger partial charge on any atom is -0.361 e. The van der Waals surface area contributed by atoms with E-state index in [1.807, 2.05) is 105 Å². The van der Waals surface area contributed by atoms with Gasteiger partial charge >= 0.3 is 0 Å². The first-order valence-corrected chi connectivity index (χ1v) is 41.3. The highest BCUT2D eigenvalue weighted by Crippen LogP contribution is 2.43. The summed E-state index contributed by atoms with van der Waals surface area (Å²) >= 11 is 0. The van der Waals surface area contributed by atoms with E-state index in [0.717, 1.165) is 186 Å². The topological polar surface area (TPSA) is 287 Å². The second kappa shape index (κ2) is 33.9. The smallest absolute Gasteiger partial charge is 0.186 e. The van der Waals surface area contributed by atoms with Gasteiger partial charge in [0.15, 0.2) is 28.4 Å². The van der Waals surface area contributed by atoms with Crippen molar-refractivity contribution in [2.75, 3.05) is 72.0 Å². The quantitative estimate of drug-likeness (QED) is 0.0853. The third-order valence-corrected chi connectivity index (χ3v) is 23.9. The minimum absolute atomic E-state index is 0.258. The Kier molecular flexibility index (Phi) is 21.8. The van der Waals surface area contributed by atoms with Crippen LogP contribution in [0.4, 0.5) is 58.4 Å². The first-order chi connectivity index (χ1) is 60.0. The fraction of sp³-hybridized carbons (Fsp3) is 0.337. The Labute approximate surface area is 697 Å². The van der Waals surface area contributed by atoms with E-state index in [-0.39, 0.29) is 30.2 Å². The maximum Gasteiger partial charge on any atom is 0.186 e. The van der Waals surface area contributed by atoms with Crippen molar-refractivity contribution in [3.8, 4) is 45.0 Å². The highest BCUT2D eigenvalue weighted by Gasteiger charge is 2.36. The number of H-pyrrole nitrogens is 1. The molecule has 16 aromatic rings. The van der Waals surface area contributed by atoms with E-state index in [1.54, 1.807) is 49.0 Å². The standard InChI is InChI=1S/2C23H24F2N8.C21H19F2N5O.C19H17F2N7/c24-15-5-6-19(25)17(11-15)21-4-2-9-31(21)22-7-10-32-23(28-22)18(13-27-32)20-14-33(30-29-20)16-3-1-8-26-12-16;24-15-3-4-19(25)17(12-15)21-2-1-10-31(21)22-7-11-32-23(28-22)18(13-27-32)20-14-33(30-29-20)16-5-8-26-9-6-16;1-12-20(13(2)29-26-12)16-11-24-28-9-7-19(25-21(16)28)27-8-3-4-18(27)15-10-14(22)5-6-17(15)23;1-11-23-18(26-25-11)14-10-22-28-8-6-17(24-19(14)28)27-7-2-3-16(27)13-9-12(20)4-5-15(13)21/h5-7,10-11,13-14,16,21,26H,1-4,8-9,12H2;3-4,7,11-14,16,21,26H,1-2,5-6,8-10H2;5-7,9-11,18H,3-4,8H2,1-2H3;4-6,8-10,16H,2-3,7H2,1H3,(H,23,25,26)/t16?,21-;21-;;/m11../s1. The number of anilines is 4. The van der Waals surface area contributed by atoms with E-state index in [9.17, 15) is 35.1 Å². The number of rotatable bonds is 14. The molecule has 29 nitrogen and oxygen atoms in total. The molecule has 12 aromatic heterocycles. The zero-order chi connectivity index (χ0) is 84.1. The van der Waals surface area contributed by atoms with Gasteiger partial charge < -0.3 is 34.8 Å². The van der Waals surface area contributed by atoms with Crippen molar-refractivity contribution in [1.82, 2.24) is 119 Å². The Balaban J connectivity index is 0.000000108. The maximum absolute atomic E-state index is 14.5. The van der Waals surface area contributed by atoms with Gasteiger partial charge in [-0.15, -0.1) is 10.2 Å². The zero-order valence-corrected chi connectivity index (χ0v) is 67.2. The summed E-state index contributed by atoms with van der Waals surface area (Å²) in [6, 6.07) is 21.5. The van der Waals surface area contributed by atoms with E-state index in [0.29, 0.717) is 104 Å². The van der Waals surface area contributed by atoms with Gasteiger partial charge in [0.1, 0.15) is 92.8 Å². The largest absolute Gasteiger partial charge is 0.361 e. The summed E-state index contributed by atoms with van der Waals surface area (Å²) < 4.78 is 129. The van der Waals surface area contributed by atoms with Crippen LogP contribution in [0.5, 0.6) is 0 Å². The highest BCUT2D eigenvalue weighted by molar-refractivity contribution is 5.81. The molecule has 6 saturated heterocycles. The number of benzene rings is 4. The highest BCUT2D eigenvalue weighted by atomic mass is 19.2. The van der Waals surface area contributed by atoms with Crippen LogP contribution >= 0.6 is 0 Å². The summed E-state index contributed by atoms with van der Waals surface area (Å²) in [6.45, 7) is 12.3. The molecule has 6 aliphatic heterocycles. The van der Waals surface area contributed by atoms with Crippen molar-refractivity contribution < 1.29 is 39.6 Å². The maximum atomic E-state index is 14.5. The number of aromatic amines is 1. The number of fused-ring (bicyclic) bond motifs is 4. The van der Waals surface area contributed by atoms with Gasteiger partial charge in [0.25, 0.3) is 0 Å². The number of halogens is 8. The molecule has 630 valence electrons. The molecule has 0 aliphatic carbocycles. The normalized spacial score (nSPS) is 18.8. The molecule has 18 heterocycles. The molecular weight excluding hydrogens is 1590 g/mol. The minimum atomic E-state index is -0.440. The summed E-state index contributed by atoms with van der Waals surface area (Å²) in [5.41, 5.74) is 10.3. The lowest BCUT2D eigenvalue weighted by atomic mass is 10.0. The van der Waals surface area contributed by atoms with Gasteiger partial charge in [0.05, 0.1) is 107 Å². The van der Waals surface area contributed by atoms with E-state index in [4.69, 9.17) is 24.5 Å². The van der Waals surface area contributed by atoms with Gasteiger partial charge in [-0.2, -0.15) is 25.5 Å². The molecule has 0 saturated carbocycles. The molecule has 5 atom stereocenters. The molecule has 0 radical (unpaired) electrons. The van der Waals surface area contributed by atoms with Crippen LogP contribution in [-0.4, -0.2) is 161 Å². The van der Waals surface area contributed by atoms with E-state index >= 15 is 0 Å². The lowest BCUT2D eigenvalue weighted by molar-refractivity contribution is 0.337. The Hall–Kier alpha value is -13.5. The summed E-state index contributed by atoms with van der Waals surface area (Å²) in [5, 5.41) is 52.8. The summed E-state index contributed by atoms with van der Waals surface area (Å²) in [6.07, 6.45) is 28.8. The second-order valence-electron chi connectivity index (χ2n) is 31.6. The van der Waals surface area contributed by atoms with Crippen molar-refractivity contribution in [3.63, 3.8) is 0 Å². The van der Waals surface area contributed by atoms with Crippen molar-refractivity contribution in [2.24, 2.45) is 0 Å². The summed E-state index contributed by atoms with van der Waals surface area (Å²) in [5.74, 6) is 1.40. The second-order valence-corrected chi connectivity index (χ2v) is 31.6. The molecule has 4 aromatic carbocycles. The summed E-state index contributed by atoms with van der Waals surface area (Å²) in [7, 11) is 0. The third kappa shape index (κ3) is 15.9. The van der Waals surface area contributed by atoms with Gasteiger partial charge in [-0.3, -0.25) is 5.10 Å². The summed E-state index contributed by atoms with van der Waals surface area (Å²) in [4.78, 5) is 31.8. The Morgan fingerprint density at radius 2 is 0.772 bits per heavy atom. The number of hydrogen-bond acceptors (Lipinski definition) is 22. The Morgan fingerprint density at radius 3 is 1.15 bits per heavy atom. The van der Waals surface area contributed by atoms with E-state index in [1.165, 1.54) is 48.5 Å². The van der Waals surface area contributed by atoms with Crippen molar-refractivity contribution in [1.29, 1.82) is 0 Å². The first kappa shape index (κ1) is 79.3. The van der Waals surface area contributed by atoms with Crippen LogP contribution in [0, 0.1) is 67.3 Å².